The number of nitrogens with zero attached hydrogens (tertiary/aromatic N) is 3. The number of aromatic nitrogens is 1. The van der Waals surface area contributed by atoms with Gasteiger partial charge in [-0.2, -0.15) is 4.31 Å². The number of allylic oxidation sites excluding steroid dienone is 2. The highest BCUT2D eigenvalue weighted by Crippen LogP contribution is 2.31. The molecule has 1 aliphatic carbocycles. The minimum atomic E-state index is -3.54. The van der Waals surface area contributed by atoms with Gasteiger partial charge in [0.2, 0.25) is 15.9 Å². The zero-order chi connectivity index (χ0) is 22.6. The summed E-state index contributed by atoms with van der Waals surface area (Å²) in [5.41, 5.74) is 3.19. The van der Waals surface area contributed by atoms with Crippen molar-refractivity contribution in [3.05, 3.63) is 76.4 Å². The number of hydrogen-bond acceptors (Lipinski definition) is 4. The highest BCUT2D eigenvalue weighted by atomic mass is 35.5. The van der Waals surface area contributed by atoms with Gasteiger partial charge in [-0.15, -0.1) is 0 Å². The van der Waals surface area contributed by atoms with Gasteiger partial charge in [0.1, 0.15) is 0 Å². The van der Waals surface area contributed by atoms with Crippen molar-refractivity contribution in [1.82, 2.24) is 14.2 Å². The summed E-state index contributed by atoms with van der Waals surface area (Å²) in [6, 6.07) is 11.0. The number of rotatable bonds is 5. The third-order valence-electron chi connectivity index (χ3n) is 6.02. The van der Waals surface area contributed by atoms with Crippen LogP contribution in [0.2, 0.25) is 5.02 Å². The zero-order valence-electron chi connectivity index (χ0n) is 17.7. The minimum absolute atomic E-state index is 0.0338. The van der Waals surface area contributed by atoms with Crippen molar-refractivity contribution in [2.24, 2.45) is 5.92 Å². The molecule has 32 heavy (non-hydrogen) atoms. The number of carbonyl (C=O) groups is 1. The van der Waals surface area contributed by atoms with Crippen molar-refractivity contribution < 1.29 is 13.2 Å². The molecule has 2 heterocycles. The Kier molecular flexibility index (Phi) is 7.08. The average Bonchev–Trinajstić information content (AvgIpc) is 2.84. The fourth-order valence-electron chi connectivity index (χ4n) is 4.13. The number of hydrogen-bond donors (Lipinski definition) is 0. The molecule has 1 atom stereocenters. The lowest BCUT2D eigenvalue weighted by Gasteiger charge is -2.36. The lowest BCUT2D eigenvalue weighted by Crippen LogP contribution is -2.51. The molecular formula is C24H26ClN3O3S. The van der Waals surface area contributed by atoms with Gasteiger partial charge in [-0.1, -0.05) is 29.8 Å². The molecule has 6 nitrogen and oxygen atoms in total. The first kappa shape index (κ1) is 22.7. The molecule has 1 aliphatic heterocycles. The fourth-order valence-corrected chi connectivity index (χ4v) is 5.43. The van der Waals surface area contributed by atoms with E-state index in [0.717, 1.165) is 30.4 Å². The predicted octanol–water partition coefficient (Wildman–Crippen LogP) is 4.06. The van der Waals surface area contributed by atoms with Crippen LogP contribution in [0.5, 0.6) is 0 Å². The Morgan fingerprint density at radius 1 is 1.03 bits per heavy atom. The third-order valence-corrected chi connectivity index (χ3v) is 7.84. The summed E-state index contributed by atoms with van der Waals surface area (Å²) in [7, 11) is -3.54. The molecule has 1 saturated heterocycles. The predicted molar refractivity (Wildman–Crippen MR) is 127 cm³/mol. The zero-order valence-corrected chi connectivity index (χ0v) is 19.3. The van der Waals surface area contributed by atoms with Crippen molar-refractivity contribution in [3.8, 4) is 0 Å². The van der Waals surface area contributed by atoms with Crippen molar-refractivity contribution >= 4 is 39.2 Å². The molecule has 1 fully saturated rings. The highest BCUT2D eigenvalue weighted by molar-refractivity contribution is 7.92. The van der Waals surface area contributed by atoms with Crippen LogP contribution in [0.15, 0.2) is 60.3 Å². The smallest absolute Gasteiger partial charge is 0.236 e. The van der Waals surface area contributed by atoms with Crippen LogP contribution in [0.3, 0.4) is 0 Å². The van der Waals surface area contributed by atoms with Crippen LogP contribution >= 0.6 is 11.6 Å². The second-order valence-corrected chi connectivity index (χ2v) is 10.3. The minimum Gasteiger partial charge on any atom is -0.340 e. The maximum atomic E-state index is 13.0. The molecule has 2 aromatic rings. The highest BCUT2D eigenvalue weighted by Gasteiger charge is 2.31. The lowest BCUT2D eigenvalue weighted by molar-refractivity contribution is -0.136. The maximum absolute atomic E-state index is 13.0. The van der Waals surface area contributed by atoms with Crippen LogP contribution in [0.25, 0.3) is 11.6 Å². The standard InChI is InChI=1S/C24H26ClN3O3S/c25-23-7-1-19(2-8-23)11-18-32(30,31)28-16-14-27(15-17-28)24(29)22-5-3-20(4-6-22)21-9-12-26-13-10-21/h1-3,7-13,18,22H,4-6,14-17H2. The summed E-state index contributed by atoms with van der Waals surface area (Å²) in [5.74, 6) is 0.0947. The van der Waals surface area contributed by atoms with Crippen molar-refractivity contribution in [2.45, 2.75) is 19.3 Å². The van der Waals surface area contributed by atoms with E-state index in [1.165, 1.54) is 15.3 Å². The molecule has 0 N–H and O–H groups in total. The van der Waals surface area contributed by atoms with E-state index in [2.05, 4.69) is 11.1 Å². The Morgan fingerprint density at radius 2 is 1.72 bits per heavy atom. The molecule has 1 aromatic heterocycles. The van der Waals surface area contributed by atoms with Gasteiger partial charge in [0.15, 0.2) is 0 Å². The summed E-state index contributed by atoms with van der Waals surface area (Å²) < 4.78 is 26.8. The second kappa shape index (κ2) is 9.98. The first-order chi connectivity index (χ1) is 15.4. The van der Waals surface area contributed by atoms with E-state index in [1.807, 2.05) is 17.0 Å². The Hall–Kier alpha value is -2.48. The van der Waals surface area contributed by atoms with E-state index in [0.29, 0.717) is 31.2 Å². The quantitative estimate of drug-likeness (QED) is 0.659. The van der Waals surface area contributed by atoms with Crippen molar-refractivity contribution in [3.63, 3.8) is 0 Å². The van der Waals surface area contributed by atoms with E-state index in [9.17, 15) is 13.2 Å². The van der Waals surface area contributed by atoms with E-state index >= 15 is 0 Å². The number of amides is 1. The molecule has 1 unspecified atom stereocenters. The van der Waals surface area contributed by atoms with Crippen LogP contribution in [0.1, 0.15) is 30.4 Å². The molecule has 168 valence electrons. The van der Waals surface area contributed by atoms with Crippen molar-refractivity contribution in [1.29, 1.82) is 0 Å². The van der Waals surface area contributed by atoms with Gasteiger partial charge >= 0.3 is 0 Å². The van der Waals surface area contributed by atoms with Crippen LogP contribution < -0.4 is 0 Å². The monoisotopic (exact) mass is 471 g/mol. The molecule has 0 spiro atoms. The lowest BCUT2D eigenvalue weighted by atomic mass is 9.86. The number of benzene rings is 1. The Morgan fingerprint density at radius 3 is 2.34 bits per heavy atom. The van der Waals surface area contributed by atoms with Crippen LogP contribution in [-0.2, 0) is 14.8 Å². The number of sulfonamides is 1. The third kappa shape index (κ3) is 5.46. The van der Waals surface area contributed by atoms with Gasteiger partial charge in [0.05, 0.1) is 0 Å². The second-order valence-electron chi connectivity index (χ2n) is 8.06. The van der Waals surface area contributed by atoms with Crippen molar-refractivity contribution in [2.75, 3.05) is 26.2 Å². The molecule has 8 heteroatoms. The Bertz CT molecular complexity index is 1110. The van der Waals surface area contributed by atoms with E-state index < -0.39 is 10.0 Å². The first-order valence-electron chi connectivity index (χ1n) is 10.7. The molecular weight excluding hydrogens is 446 g/mol. The summed E-state index contributed by atoms with van der Waals surface area (Å²) in [5, 5.41) is 1.83. The van der Waals surface area contributed by atoms with Crippen LogP contribution in [0.4, 0.5) is 0 Å². The van der Waals surface area contributed by atoms with E-state index in [4.69, 9.17) is 11.6 Å². The van der Waals surface area contributed by atoms with Gasteiger partial charge in [-0.3, -0.25) is 9.78 Å². The molecule has 1 amide bonds. The first-order valence-corrected chi connectivity index (χ1v) is 12.6. The largest absolute Gasteiger partial charge is 0.340 e. The topological polar surface area (TPSA) is 70.6 Å². The summed E-state index contributed by atoms with van der Waals surface area (Å²) in [6.45, 7) is 1.46. The van der Waals surface area contributed by atoms with Gasteiger partial charge in [-0.25, -0.2) is 8.42 Å². The van der Waals surface area contributed by atoms with Gasteiger partial charge < -0.3 is 4.90 Å². The van der Waals surface area contributed by atoms with Gasteiger partial charge in [0, 0.05) is 54.9 Å². The normalized spacial score (nSPS) is 20.3. The number of piperazine rings is 1. The van der Waals surface area contributed by atoms with Gasteiger partial charge in [0.25, 0.3) is 0 Å². The number of carbonyl (C=O) groups excluding carboxylic acids is 1. The van der Waals surface area contributed by atoms with Gasteiger partial charge in [-0.05, 0) is 66.3 Å². The average molecular weight is 472 g/mol. The molecule has 2 aliphatic rings. The molecule has 1 aromatic carbocycles. The van der Waals surface area contributed by atoms with Crippen LogP contribution in [0, 0.1) is 5.92 Å². The number of halogens is 1. The maximum Gasteiger partial charge on any atom is 0.236 e. The SMILES string of the molecule is O=C(C1CC=C(c2ccncc2)CC1)N1CCN(S(=O)(=O)C=Cc2ccc(Cl)cc2)CC1. The summed E-state index contributed by atoms with van der Waals surface area (Å²) in [4.78, 5) is 18.8. The fraction of sp³-hybridized carbons (Fsp3) is 0.333. The van der Waals surface area contributed by atoms with Crippen LogP contribution in [-0.4, -0.2) is 54.7 Å². The van der Waals surface area contributed by atoms with E-state index in [-0.39, 0.29) is 11.8 Å². The molecule has 0 saturated carbocycles. The summed E-state index contributed by atoms with van der Waals surface area (Å²) in [6.07, 6.45) is 9.69. The Balaban J connectivity index is 1.31. The molecule has 0 radical (unpaired) electrons. The summed E-state index contributed by atoms with van der Waals surface area (Å²) >= 11 is 5.87. The number of pyridine rings is 1. The van der Waals surface area contributed by atoms with E-state index in [1.54, 1.807) is 42.7 Å². The Labute approximate surface area is 194 Å². The molecule has 4 rings (SSSR count). The molecule has 0 bridgehead atoms.